The summed E-state index contributed by atoms with van der Waals surface area (Å²) in [6.45, 7) is 4.77. The number of nitrogens with zero attached hydrogens (tertiary/aromatic N) is 5. The van der Waals surface area contributed by atoms with Crippen molar-refractivity contribution in [1.82, 2.24) is 19.7 Å². The number of hydrogen-bond acceptors (Lipinski definition) is 9. The average molecular weight is 488 g/mol. The van der Waals surface area contributed by atoms with Gasteiger partial charge in [0, 0.05) is 13.1 Å². The zero-order valence-corrected chi connectivity index (χ0v) is 19.9. The van der Waals surface area contributed by atoms with Crippen LogP contribution in [0.1, 0.15) is 32.0 Å². The SMILES string of the molecule is COc1c(-c2ncn(C)n2)cc(COCc2nc(NC(=O)OC(C)(C)C)ccc2F)cc1[N+](=O)[O-]. The number of halogens is 1. The number of methoxy groups -OCH3 is 1. The van der Waals surface area contributed by atoms with Gasteiger partial charge in [-0.15, -0.1) is 0 Å². The highest BCUT2D eigenvalue weighted by molar-refractivity contribution is 5.83. The van der Waals surface area contributed by atoms with Gasteiger partial charge in [0.1, 0.15) is 29.3 Å². The van der Waals surface area contributed by atoms with Gasteiger partial charge < -0.3 is 14.2 Å². The fourth-order valence-corrected chi connectivity index (χ4v) is 3.06. The monoisotopic (exact) mass is 488 g/mol. The Morgan fingerprint density at radius 1 is 1.26 bits per heavy atom. The topological polar surface area (TPSA) is 144 Å². The number of ether oxygens (including phenoxy) is 3. The number of aromatic nitrogens is 4. The highest BCUT2D eigenvalue weighted by atomic mass is 19.1. The number of pyridine rings is 1. The van der Waals surface area contributed by atoms with Crippen molar-refractivity contribution in [3.8, 4) is 17.1 Å². The molecule has 35 heavy (non-hydrogen) atoms. The molecule has 1 N–H and O–H groups in total. The Bertz CT molecular complexity index is 1240. The second kappa shape index (κ2) is 10.4. The van der Waals surface area contributed by atoms with Crippen LogP contribution in [0, 0.1) is 15.9 Å². The Balaban J connectivity index is 1.77. The molecule has 1 aromatic carbocycles. The molecule has 1 amide bonds. The third-order valence-corrected chi connectivity index (χ3v) is 4.43. The van der Waals surface area contributed by atoms with Gasteiger partial charge >= 0.3 is 11.8 Å². The van der Waals surface area contributed by atoms with Gasteiger partial charge in [-0.1, -0.05) is 0 Å². The summed E-state index contributed by atoms with van der Waals surface area (Å²) in [4.78, 5) is 31.2. The van der Waals surface area contributed by atoms with E-state index in [9.17, 15) is 19.3 Å². The summed E-state index contributed by atoms with van der Waals surface area (Å²) < 4.78 is 31.7. The first-order valence-corrected chi connectivity index (χ1v) is 10.4. The number of anilines is 1. The number of nitrogens with one attached hydrogen (secondary N) is 1. The van der Waals surface area contributed by atoms with E-state index in [1.807, 2.05) is 0 Å². The first-order valence-electron chi connectivity index (χ1n) is 10.4. The molecule has 3 aromatic rings. The number of nitro benzene ring substituents is 1. The molecule has 12 nitrogen and oxygen atoms in total. The maximum atomic E-state index is 14.2. The average Bonchev–Trinajstić information content (AvgIpc) is 3.20. The van der Waals surface area contributed by atoms with Crippen molar-refractivity contribution in [2.45, 2.75) is 39.6 Å². The van der Waals surface area contributed by atoms with Gasteiger partial charge in [-0.2, -0.15) is 5.10 Å². The zero-order valence-electron chi connectivity index (χ0n) is 19.9. The van der Waals surface area contributed by atoms with Crippen LogP contribution in [0.2, 0.25) is 0 Å². The van der Waals surface area contributed by atoms with Crippen molar-refractivity contribution in [3.63, 3.8) is 0 Å². The van der Waals surface area contributed by atoms with Crippen molar-refractivity contribution in [2.24, 2.45) is 7.05 Å². The molecule has 0 fully saturated rings. The number of carbonyl (C=O) groups excluding carboxylic acids is 1. The first kappa shape index (κ1) is 25.5. The van der Waals surface area contributed by atoms with Crippen LogP contribution in [0.3, 0.4) is 0 Å². The molecule has 2 aromatic heterocycles. The molecule has 0 unspecified atom stereocenters. The van der Waals surface area contributed by atoms with E-state index in [2.05, 4.69) is 20.4 Å². The summed E-state index contributed by atoms with van der Waals surface area (Å²) in [5, 5.41) is 18.2. The lowest BCUT2D eigenvalue weighted by atomic mass is 10.1. The Morgan fingerprint density at radius 2 is 2.00 bits per heavy atom. The third-order valence-electron chi connectivity index (χ3n) is 4.43. The quantitative estimate of drug-likeness (QED) is 0.367. The molecule has 0 aliphatic rings. The van der Waals surface area contributed by atoms with Crippen LogP contribution in [0.5, 0.6) is 5.75 Å². The maximum Gasteiger partial charge on any atom is 0.413 e. The molecule has 2 heterocycles. The summed E-state index contributed by atoms with van der Waals surface area (Å²) >= 11 is 0. The lowest BCUT2D eigenvalue weighted by molar-refractivity contribution is -0.385. The van der Waals surface area contributed by atoms with Crippen molar-refractivity contribution in [2.75, 3.05) is 12.4 Å². The number of carbonyl (C=O) groups is 1. The van der Waals surface area contributed by atoms with Gasteiger partial charge in [0.25, 0.3) is 0 Å². The van der Waals surface area contributed by atoms with Crippen LogP contribution < -0.4 is 10.1 Å². The molecule has 0 radical (unpaired) electrons. The van der Waals surface area contributed by atoms with Gasteiger partial charge in [0.05, 0.1) is 30.8 Å². The minimum Gasteiger partial charge on any atom is -0.490 e. The summed E-state index contributed by atoms with van der Waals surface area (Å²) in [5.74, 6) is -0.303. The Labute approximate surface area is 200 Å². The van der Waals surface area contributed by atoms with Crippen LogP contribution in [0.4, 0.5) is 20.7 Å². The molecule has 0 bridgehead atoms. The van der Waals surface area contributed by atoms with Crippen molar-refractivity contribution < 1.29 is 28.3 Å². The highest BCUT2D eigenvalue weighted by Crippen LogP contribution is 2.38. The maximum absolute atomic E-state index is 14.2. The Hall–Kier alpha value is -4.13. The largest absolute Gasteiger partial charge is 0.490 e. The molecule has 0 spiro atoms. The Morgan fingerprint density at radius 3 is 2.60 bits per heavy atom. The predicted octanol–water partition coefficient (Wildman–Crippen LogP) is 4.00. The van der Waals surface area contributed by atoms with Gasteiger partial charge in [0.15, 0.2) is 5.82 Å². The molecular formula is C22H25FN6O6. The molecular weight excluding hydrogens is 463 g/mol. The summed E-state index contributed by atoms with van der Waals surface area (Å²) in [6, 6.07) is 5.34. The van der Waals surface area contributed by atoms with Crippen LogP contribution >= 0.6 is 0 Å². The summed E-state index contributed by atoms with van der Waals surface area (Å²) in [7, 11) is 2.98. The van der Waals surface area contributed by atoms with E-state index in [1.165, 1.54) is 30.3 Å². The van der Waals surface area contributed by atoms with Crippen molar-refractivity contribution in [1.29, 1.82) is 0 Å². The number of aryl methyl sites for hydroxylation is 1. The number of benzene rings is 1. The van der Waals surface area contributed by atoms with Crippen molar-refractivity contribution >= 4 is 17.6 Å². The normalized spacial score (nSPS) is 11.3. The fourth-order valence-electron chi connectivity index (χ4n) is 3.06. The van der Waals surface area contributed by atoms with Gasteiger partial charge in [-0.25, -0.2) is 19.2 Å². The molecule has 3 rings (SSSR count). The fraction of sp³-hybridized carbons (Fsp3) is 0.364. The zero-order chi connectivity index (χ0) is 25.8. The van der Waals surface area contributed by atoms with Gasteiger partial charge in [-0.05, 0) is 44.5 Å². The summed E-state index contributed by atoms with van der Waals surface area (Å²) in [5.41, 5.74) is -0.324. The van der Waals surface area contributed by atoms with Crippen LogP contribution in [0.25, 0.3) is 11.4 Å². The standard InChI is InChI=1S/C22H25FN6O6/c1-22(2,3)35-21(30)26-18-7-6-15(23)16(25-18)11-34-10-13-8-14(20-24-12-28(4)27-20)19(33-5)17(9-13)29(31)32/h6-9,12H,10-11H2,1-5H3,(H,25,26,30). The number of nitro groups is 1. The molecule has 0 atom stereocenters. The molecule has 0 aliphatic heterocycles. The smallest absolute Gasteiger partial charge is 0.413 e. The van der Waals surface area contributed by atoms with E-state index in [0.29, 0.717) is 11.1 Å². The first-order chi connectivity index (χ1) is 16.5. The summed E-state index contributed by atoms with van der Waals surface area (Å²) in [6.07, 6.45) is 0.723. The van der Waals surface area contributed by atoms with E-state index in [-0.39, 0.29) is 42.0 Å². The van der Waals surface area contributed by atoms with Gasteiger partial charge in [0.2, 0.25) is 5.75 Å². The highest BCUT2D eigenvalue weighted by Gasteiger charge is 2.24. The second-order valence-corrected chi connectivity index (χ2v) is 8.44. The molecule has 186 valence electrons. The van der Waals surface area contributed by atoms with Gasteiger partial charge in [-0.3, -0.25) is 20.1 Å². The van der Waals surface area contributed by atoms with Crippen molar-refractivity contribution in [3.05, 3.63) is 57.8 Å². The lowest BCUT2D eigenvalue weighted by Gasteiger charge is -2.19. The van der Waals surface area contributed by atoms with Crippen LogP contribution in [0.15, 0.2) is 30.6 Å². The number of amides is 1. The van der Waals surface area contributed by atoms with E-state index in [1.54, 1.807) is 33.9 Å². The molecule has 0 saturated heterocycles. The second-order valence-electron chi connectivity index (χ2n) is 8.44. The third kappa shape index (κ3) is 6.69. The van der Waals surface area contributed by atoms with E-state index < -0.39 is 22.4 Å². The molecule has 0 saturated carbocycles. The van der Waals surface area contributed by atoms with E-state index >= 15 is 0 Å². The van der Waals surface area contributed by atoms with Crippen LogP contribution in [-0.4, -0.2) is 43.5 Å². The Kier molecular flexibility index (Phi) is 7.59. The predicted molar refractivity (Wildman–Crippen MR) is 122 cm³/mol. The lowest BCUT2D eigenvalue weighted by Crippen LogP contribution is -2.27. The van der Waals surface area contributed by atoms with E-state index in [4.69, 9.17) is 14.2 Å². The molecule has 0 aliphatic carbocycles. The number of hydrogen-bond donors (Lipinski definition) is 1. The van der Waals surface area contributed by atoms with E-state index in [0.717, 1.165) is 6.07 Å². The van der Waals surface area contributed by atoms with Crippen LogP contribution in [-0.2, 0) is 29.7 Å². The molecule has 13 heteroatoms. The minimum absolute atomic E-state index is 0.0126. The minimum atomic E-state index is -0.732. The number of rotatable bonds is 8.